The number of rotatable bonds is 4. The fourth-order valence-electron chi connectivity index (χ4n) is 1.95. The quantitative estimate of drug-likeness (QED) is 0.902. The first kappa shape index (κ1) is 14.9. The SMILES string of the molecule is N#CC(CNc1ccccc1-c1ccccc1)C(F)(F)F. The first-order valence-corrected chi connectivity index (χ1v) is 6.37. The molecule has 1 unspecified atom stereocenters. The molecule has 108 valence electrons. The van der Waals surface area contributed by atoms with E-state index in [0.717, 1.165) is 11.1 Å². The Balaban J connectivity index is 2.21. The highest BCUT2D eigenvalue weighted by molar-refractivity contribution is 5.77. The zero-order valence-electron chi connectivity index (χ0n) is 11.1. The predicted molar refractivity (Wildman–Crippen MR) is 75.5 cm³/mol. The third-order valence-electron chi connectivity index (χ3n) is 3.06. The molecule has 2 nitrogen and oxygen atoms in total. The van der Waals surface area contributed by atoms with E-state index in [4.69, 9.17) is 5.26 Å². The van der Waals surface area contributed by atoms with Crippen molar-refractivity contribution in [3.63, 3.8) is 0 Å². The number of nitrogens with zero attached hydrogens (tertiary/aromatic N) is 1. The summed E-state index contributed by atoms with van der Waals surface area (Å²) >= 11 is 0. The minimum absolute atomic E-state index is 0.468. The van der Waals surface area contributed by atoms with Crippen molar-refractivity contribution in [3.8, 4) is 17.2 Å². The first-order valence-electron chi connectivity index (χ1n) is 6.37. The van der Waals surface area contributed by atoms with Crippen molar-refractivity contribution < 1.29 is 13.2 Å². The van der Waals surface area contributed by atoms with Crippen LogP contribution in [0.15, 0.2) is 54.6 Å². The maximum absolute atomic E-state index is 12.6. The van der Waals surface area contributed by atoms with Gasteiger partial charge in [-0.3, -0.25) is 0 Å². The molecule has 2 rings (SSSR count). The molecular weight excluding hydrogens is 277 g/mol. The lowest BCUT2D eigenvalue weighted by atomic mass is 10.0. The highest BCUT2D eigenvalue weighted by Crippen LogP contribution is 2.30. The van der Waals surface area contributed by atoms with Crippen molar-refractivity contribution in [2.24, 2.45) is 5.92 Å². The van der Waals surface area contributed by atoms with Gasteiger partial charge in [0.15, 0.2) is 5.92 Å². The highest BCUT2D eigenvalue weighted by Gasteiger charge is 2.39. The van der Waals surface area contributed by atoms with Crippen LogP contribution in [0.5, 0.6) is 0 Å². The van der Waals surface area contributed by atoms with Gasteiger partial charge in [-0.15, -0.1) is 0 Å². The second kappa shape index (κ2) is 6.31. The molecular formula is C16H13F3N2. The molecule has 0 bridgehead atoms. The van der Waals surface area contributed by atoms with Gasteiger partial charge in [-0.05, 0) is 11.6 Å². The summed E-state index contributed by atoms with van der Waals surface area (Å²) in [6.45, 7) is -0.468. The molecule has 0 amide bonds. The highest BCUT2D eigenvalue weighted by atomic mass is 19.4. The molecule has 0 aliphatic rings. The maximum Gasteiger partial charge on any atom is 0.406 e. The van der Waals surface area contributed by atoms with Crippen LogP contribution in [0.25, 0.3) is 11.1 Å². The summed E-state index contributed by atoms with van der Waals surface area (Å²) in [6, 6.07) is 17.7. The van der Waals surface area contributed by atoms with Gasteiger partial charge in [-0.1, -0.05) is 48.5 Å². The Morgan fingerprint density at radius 1 is 1.00 bits per heavy atom. The lowest BCUT2D eigenvalue weighted by Crippen LogP contribution is -2.28. The van der Waals surface area contributed by atoms with Gasteiger partial charge in [0.05, 0.1) is 6.07 Å². The fraction of sp³-hybridized carbons (Fsp3) is 0.188. The van der Waals surface area contributed by atoms with Gasteiger partial charge < -0.3 is 5.32 Å². The van der Waals surface area contributed by atoms with Crippen LogP contribution in [0.2, 0.25) is 0 Å². The molecule has 5 heteroatoms. The third-order valence-corrected chi connectivity index (χ3v) is 3.06. The predicted octanol–water partition coefficient (Wildman–Crippen LogP) is 4.47. The number of hydrogen-bond donors (Lipinski definition) is 1. The Morgan fingerprint density at radius 3 is 2.24 bits per heavy atom. The molecule has 1 N–H and O–H groups in total. The van der Waals surface area contributed by atoms with E-state index in [1.807, 2.05) is 42.5 Å². The molecule has 21 heavy (non-hydrogen) atoms. The molecule has 0 spiro atoms. The molecule has 0 heterocycles. The minimum Gasteiger partial charge on any atom is -0.383 e. The summed E-state index contributed by atoms with van der Waals surface area (Å²) in [5.41, 5.74) is 2.28. The topological polar surface area (TPSA) is 35.8 Å². The molecule has 0 saturated heterocycles. The molecule has 2 aromatic rings. The number of nitriles is 1. The van der Waals surface area contributed by atoms with Crippen LogP contribution >= 0.6 is 0 Å². The van der Waals surface area contributed by atoms with Crippen LogP contribution in [0, 0.1) is 17.2 Å². The van der Waals surface area contributed by atoms with E-state index in [-0.39, 0.29) is 0 Å². The molecule has 2 aromatic carbocycles. The van der Waals surface area contributed by atoms with Crippen molar-refractivity contribution in [2.75, 3.05) is 11.9 Å². The zero-order chi connectivity index (χ0) is 15.3. The van der Waals surface area contributed by atoms with Crippen molar-refractivity contribution in [3.05, 3.63) is 54.6 Å². The minimum atomic E-state index is -4.52. The smallest absolute Gasteiger partial charge is 0.383 e. The molecule has 0 aromatic heterocycles. The maximum atomic E-state index is 12.6. The van der Waals surface area contributed by atoms with Crippen LogP contribution in [0.3, 0.4) is 0 Å². The zero-order valence-corrected chi connectivity index (χ0v) is 11.1. The summed E-state index contributed by atoms with van der Waals surface area (Å²) < 4.78 is 37.8. The van der Waals surface area contributed by atoms with Crippen LogP contribution < -0.4 is 5.32 Å². The average molecular weight is 290 g/mol. The molecule has 1 atom stereocenters. The Labute approximate surface area is 120 Å². The van der Waals surface area contributed by atoms with Gasteiger partial charge in [-0.2, -0.15) is 18.4 Å². The lowest BCUT2D eigenvalue weighted by Gasteiger charge is -2.17. The van der Waals surface area contributed by atoms with E-state index in [1.54, 1.807) is 12.1 Å². The third kappa shape index (κ3) is 3.76. The van der Waals surface area contributed by atoms with Crippen molar-refractivity contribution in [1.82, 2.24) is 0 Å². The van der Waals surface area contributed by atoms with E-state index < -0.39 is 18.6 Å². The monoisotopic (exact) mass is 290 g/mol. The van der Waals surface area contributed by atoms with E-state index >= 15 is 0 Å². The number of anilines is 1. The van der Waals surface area contributed by atoms with Gasteiger partial charge in [0, 0.05) is 17.8 Å². The lowest BCUT2D eigenvalue weighted by molar-refractivity contribution is -0.155. The van der Waals surface area contributed by atoms with Gasteiger partial charge in [0.1, 0.15) is 0 Å². The van der Waals surface area contributed by atoms with Gasteiger partial charge >= 0.3 is 6.18 Å². The Hall–Kier alpha value is -2.48. The number of nitrogens with one attached hydrogen (secondary N) is 1. The number of para-hydroxylation sites is 1. The van der Waals surface area contributed by atoms with Crippen LogP contribution in [0.1, 0.15) is 0 Å². The Bertz CT molecular complexity index is 630. The summed E-state index contributed by atoms with van der Waals surface area (Å²) in [5, 5.41) is 11.3. The van der Waals surface area contributed by atoms with E-state index in [0.29, 0.717) is 5.69 Å². The summed E-state index contributed by atoms with van der Waals surface area (Å²) in [4.78, 5) is 0. The van der Waals surface area contributed by atoms with E-state index in [2.05, 4.69) is 5.32 Å². The second-order valence-corrected chi connectivity index (χ2v) is 4.52. The van der Waals surface area contributed by atoms with Crippen molar-refractivity contribution in [1.29, 1.82) is 5.26 Å². The van der Waals surface area contributed by atoms with E-state index in [1.165, 1.54) is 6.07 Å². The van der Waals surface area contributed by atoms with E-state index in [9.17, 15) is 13.2 Å². The summed E-state index contributed by atoms with van der Waals surface area (Å²) in [7, 11) is 0. The van der Waals surface area contributed by atoms with Crippen molar-refractivity contribution in [2.45, 2.75) is 6.18 Å². The summed E-state index contributed by atoms with van der Waals surface area (Å²) in [6.07, 6.45) is -4.52. The van der Waals surface area contributed by atoms with Gasteiger partial charge in [0.25, 0.3) is 0 Å². The number of alkyl halides is 3. The molecule has 0 fully saturated rings. The largest absolute Gasteiger partial charge is 0.406 e. The number of halogens is 3. The molecule has 0 aliphatic carbocycles. The average Bonchev–Trinajstić information content (AvgIpc) is 2.48. The molecule has 0 saturated carbocycles. The van der Waals surface area contributed by atoms with Crippen LogP contribution in [-0.4, -0.2) is 12.7 Å². The summed E-state index contributed by atoms with van der Waals surface area (Å²) in [5.74, 6) is -2.03. The standard InChI is InChI=1S/C16H13F3N2/c17-16(18,19)13(10-20)11-21-15-9-5-4-8-14(15)12-6-2-1-3-7-12/h1-9,13,21H,11H2. The molecule has 0 aliphatic heterocycles. The fourth-order valence-corrected chi connectivity index (χ4v) is 1.95. The second-order valence-electron chi connectivity index (χ2n) is 4.52. The van der Waals surface area contributed by atoms with Gasteiger partial charge in [0.2, 0.25) is 0 Å². The number of benzene rings is 2. The van der Waals surface area contributed by atoms with Gasteiger partial charge in [-0.25, -0.2) is 0 Å². The normalized spacial score (nSPS) is 12.5. The molecule has 0 radical (unpaired) electrons. The first-order chi connectivity index (χ1) is 10.0. The van der Waals surface area contributed by atoms with Crippen LogP contribution in [-0.2, 0) is 0 Å². The Morgan fingerprint density at radius 2 is 1.62 bits per heavy atom. The van der Waals surface area contributed by atoms with Crippen LogP contribution in [0.4, 0.5) is 18.9 Å². The van der Waals surface area contributed by atoms with Crippen molar-refractivity contribution >= 4 is 5.69 Å². The Kier molecular flexibility index (Phi) is 4.49. The number of hydrogen-bond acceptors (Lipinski definition) is 2.